The SMILES string of the molecule is COc1ccc(-c2ccccn2)n2nc(N)nc12. The molecular weight excluding hydrogens is 230 g/mol. The summed E-state index contributed by atoms with van der Waals surface area (Å²) in [6.45, 7) is 0. The Bertz CT molecular complexity index is 692. The highest BCUT2D eigenvalue weighted by Gasteiger charge is 2.12. The van der Waals surface area contributed by atoms with Gasteiger partial charge in [-0.05, 0) is 24.3 Å². The monoisotopic (exact) mass is 241 g/mol. The summed E-state index contributed by atoms with van der Waals surface area (Å²) in [6.07, 6.45) is 1.73. The van der Waals surface area contributed by atoms with Crippen LogP contribution in [0.25, 0.3) is 17.0 Å². The van der Waals surface area contributed by atoms with E-state index in [2.05, 4.69) is 15.1 Å². The molecule has 3 aromatic heterocycles. The molecule has 0 radical (unpaired) electrons. The second-order valence-electron chi connectivity index (χ2n) is 3.71. The molecule has 0 saturated carbocycles. The molecule has 0 bridgehead atoms. The molecule has 90 valence electrons. The summed E-state index contributed by atoms with van der Waals surface area (Å²) in [6, 6.07) is 9.38. The number of hydrogen-bond donors (Lipinski definition) is 1. The van der Waals surface area contributed by atoms with Gasteiger partial charge in [-0.3, -0.25) is 4.98 Å². The largest absolute Gasteiger partial charge is 0.493 e. The molecular formula is C12H11N5O. The first kappa shape index (κ1) is 10.5. The Hall–Kier alpha value is -2.63. The Kier molecular flexibility index (Phi) is 2.33. The van der Waals surface area contributed by atoms with Crippen LogP contribution in [0.5, 0.6) is 5.75 Å². The van der Waals surface area contributed by atoms with E-state index < -0.39 is 0 Å². The van der Waals surface area contributed by atoms with Gasteiger partial charge in [0, 0.05) is 6.20 Å². The van der Waals surface area contributed by atoms with Crippen molar-refractivity contribution in [3.8, 4) is 17.1 Å². The predicted molar refractivity (Wildman–Crippen MR) is 67.2 cm³/mol. The third-order valence-corrected chi connectivity index (χ3v) is 2.61. The number of fused-ring (bicyclic) bond motifs is 1. The van der Waals surface area contributed by atoms with Gasteiger partial charge < -0.3 is 10.5 Å². The number of pyridine rings is 2. The van der Waals surface area contributed by atoms with E-state index in [0.717, 1.165) is 11.4 Å². The summed E-state index contributed by atoms with van der Waals surface area (Å²) in [5.74, 6) is 0.829. The zero-order chi connectivity index (χ0) is 12.5. The molecule has 2 N–H and O–H groups in total. The second-order valence-corrected chi connectivity index (χ2v) is 3.71. The van der Waals surface area contributed by atoms with Crippen LogP contribution in [0.2, 0.25) is 0 Å². The minimum Gasteiger partial charge on any atom is -0.493 e. The van der Waals surface area contributed by atoms with Crippen LogP contribution in [0.1, 0.15) is 0 Å². The summed E-state index contributed by atoms with van der Waals surface area (Å²) in [7, 11) is 1.58. The van der Waals surface area contributed by atoms with E-state index in [1.165, 1.54) is 0 Å². The number of nitrogens with zero attached hydrogens (tertiary/aromatic N) is 4. The van der Waals surface area contributed by atoms with Crippen molar-refractivity contribution in [2.24, 2.45) is 0 Å². The average Bonchev–Trinajstić information content (AvgIpc) is 2.80. The van der Waals surface area contributed by atoms with E-state index in [-0.39, 0.29) is 5.95 Å². The summed E-state index contributed by atoms with van der Waals surface area (Å²) in [5, 5.41) is 4.16. The molecule has 18 heavy (non-hydrogen) atoms. The number of nitrogen functional groups attached to an aromatic ring is 1. The Morgan fingerprint density at radius 2 is 2.11 bits per heavy atom. The molecule has 0 saturated heterocycles. The number of anilines is 1. The molecule has 3 heterocycles. The molecule has 0 aliphatic rings. The smallest absolute Gasteiger partial charge is 0.240 e. The molecule has 0 aliphatic heterocycles. The van der Waals surface area contributed by atoms with Gasteiger partial charge in [-0.25, -0.2) is 4.52 Å². The van der Waals surface area contributed by atoms with E-state index in [9.17, 15) is 0 Å². The van der Waals surface area contributed by atoms with Crippen LogP contribution in [0, 0.1) is 0 Å². The molecule has 3 aromatic rings. The zero-order valence-corrected chi connectivity index (χ0v) is 9.74. The number of nitrogens with two attached hydrogens (primary N) is 1. The van der Waals surface area contributed by atoms with E-state index >= 15 is 0 Å². The van der Waals surface area contributed by atoms with Gasteiger partial charge in [0.15, 0.2) is 11.4 Å². The molecule has 6 nitrogen and oxygen atoms in total. The van der Waals surface area contributed by atoms with Crippen molar-refractivity contribution in [3.63, 3.8) is 0 Å². The third-order valence-electron chi connectivity index (χ3n) is 2.61. The minimum atomic E-state index is 0.205. The van der Waals surface area contributed by atoms with Crippen LogP contribution in [0.15, 0.2) is 36.5 Å². The standard InChI is InChI=1S/C12H11N5O/c1-18-10-6-5-9(8-4-2-3-7-14-8)17-11(10)15-12(13)16-17/h2-7H,1H3,(H2,13,16). The maximum absolute atomic E-state index is 5.64. The van der Waals surface area contributed by atoms with E-state index in [0.29, 0.717) is 11.4 Å². The average molecular weight is 241 g/mol. The van der Waals surface area contributed by atoms with Crippen molar-refractivity contribution in [1.29, 1.82) is 0 Å². The molecule has 0 aromatic carbocycles. The highest BCUT2D eigenvalue weighted by Crippen LogP contribution is 2.25. The van der Waals surface area contributed by atoms with Crippen LogP contribution in [-0.4, -0.2) is 26.7 Å². The number of methoxy groups -OCH3 is 1. The lowest BCUT2D eigenvalue weighted by Crippen LogP contribution is -1.98. The molecule has 0 aliphatic carbocycles. The lowest BCUT2D eigenvalue weighted by atomic mass is 10.2. The van der Waals surface area contributed by atoms with Crippen molar-refractivity contribution in [1.82, 2.24) is 19.6 Å². The molecule has 0 amide bonds. The number of aromatic nitrogens is 4. The third kappa shape index (κ3) is 1.55. The topological polar surface area (TPSA) is 78.3 Å². The zero-order valence-electron chi connectivity index (χ0n) is 9.74. The summed E-state index contributed by atoms with van der Waals surface area (Å²) in [4.78, 5) is 8.44. The van der Waals surface area contributed by atoms with E-state index in [1.54, 1.807) is 17.8 Å². The van der Waals surface area contributed by atoms with Crippen molar-refractivity contribution in [2.45, 2.75) is 0 Å². The normalized spacial score (nSPS) is 10.7. The Morgan fingerprint density at radius 1 is 1.22 bits per heavy atom. The predicted octanol–water partition coefficient (Wildman–Crippen LogP) is 1.38. The van der Waals surface area contributed by atoms with Gasteiger partial charge in [-0.1, -0.05) is 6.07 Å². The highest BCUT2D eigenvalue weighted by molar-refractivity contribution is 5.65. The fourth-order valence-electron chi connectivity index (χ4n) is 1.82. The van der Waals surface area contributed by atoms with Crippen LogP contribution in [-0.2, 0) is 0 Å². The Labute approximate surface area is 103 Å². The van der Waals surface area contributed by atoms with E-state index in [1.807, 2.05) is 30.3 Å². The van der Waals surface area contributed by atoms with Crippen molar-refractivity contribution in [2.75, 3.05) is 12.8 Å². The fraction of sp³-hybridized carbons (Fsp3) is 0.0833. The van der Waals surface area contributed by atoms with Gasteiger partial charge in [0.05, 0.1) is 18.5 Å². The van der Waals surface area contributed by atoms with Gasteiger partial charge in [0.2, 0.25) is 5.95 Å². The van der Waals surface area contributed by atoms with Gasteiger partial charge in [-0.2, -0.15) is 4.98 Å². The lowest BCUT2D eigenvalue weighted by Gasteiger charge is -2.06. The second kappa shape index (κ2) is 3.99. The van der Waals surface area contributed by atoms with Crippen LogP contribution >= 0.6 is 0 Å². The molecule has 0 atom stereocenters. The fourth-order valence-corrected chi connectivity index (χ4v) is 1.82. The quantitative estimate of drug-likeness (QED) is 0.733. The maximum atomic E-state index is 5.64. The van der Waals surface area contributed by atoms with Gasteiger partial charge in [0.1, 0.15) is 0 Å². The van der Waals surface area contributed by atoms with E-state index in [4.69, 9.17) is 10.5 Å². The van der Waals surface area contributed by atoms with Crippen molar-refractivity contribution in [3.05, 3.63) is 36.5 Å². The first-order chi connectivity index (χ1) is 8.79. The van der Waals surface area contributed by atoms with Crippen molar-refractivity contribution < 1.29 is 4.74 Å². The van der Waals surface area contributed by atoms with Crippen LogP contribution < -0.4 is 10.5 Å². The number of ether oxygens (including phenoxy) is 1. The van der Waals surface area contributed by atoms with Gasteiger partial charge >= 0.3 is 0 Å². The van der Waals surface area contributed by atoms with Crippen molar-refractivity contribution >= 4 is 11.6 Å². The maximum Gasteiger partial charge on any atom is 0.240 e. The number of hydrogen-bond acceptors (Lipinski definition) is 5. The molecule has 0 unspecified atom stereocenters. The first-order valence-electron chi connectivity index (χ1n) is 5.40. The summed E-state index contributed by atoms with van der Waals surface area (Å²) in [5.41, 5.74) is 7.84. The highest BCUT2D eigenvalue weighted by atomic mass is 16.5. The Morgan fingerprint density at radius 3 is 2.83 bits per heavy atom. The van der Waals surface area contributed by atoms with Gasteiger partial charge in [-0.15, -0.1) is 5.10 Å². The first-order valence-corrected chi connectivity index (χ1v) is 5.40. The lowest BCUT2D eigenvalue weighted by molar-refractivity contribution is 0.416. The van der Waals surface area contributed by atoms with Crippen LogP contribution in [0.4, 0.5) is 5.95 Å². The molecule has 0 spiro atoms. The summed E-state index contributed by atoms with van der Waals surface area (Å²) >= 11 is 0. The minimum absolute atomic E-state index is 0.205. The molecule has 6 heteroatoms. The molecule has 0 fully saturated rings. The van der Waals surface area contributed by atoms with Crippen LogP contribution in [0.3, 0.4) is 0 Å². The Balaban J connectivity index is 2.31. The van der Waals surface area contributed by atoms with Gasteiger partial charge in [0.25, 0.3) is 0 Å². The number of rotatable bonds is 2. The molecule has 3 rings (SSSR count). The summed E-state index contributed by atoms with van der Waals surface area (Å²) < 4.78 is 6.87.